The van der Waals surface area contributed by atoms with Crippen molar-refractivity contribution in [2.75, 3.05) is 13.1 Å². The van der Waals surface area contributed by atoms with E-state index in [-0.39, 0.29) is 12.5 Å². The summed E-state index contributed by atoms with van der Waals surface area (Å²) in [6.45, 7) is 2.21. The molecule has 0 radical (unpaired) electrons. The molecule has 2 rings (SSSR count). The van der Waals surface area contributed by atoms with E-state index in [1.54, 1.807) is 0 Å². The van der Waals surface area contributed by atoms with Crippen LogP contribution in [0, 0.1) is 0 Å². The zero-order valence-corrected chi connectivity index (χ0v) is 9.43. The molecule has 0 saturated carbocycles. The van der Waals surface area contributed by atoms with E-state index < -0.39 is 0 Å². The van der Waals surface area contributed by atoms with Crippen LogP contribution < -0.4 is 0 Å². The van der Waals surface area contributed by atoms with Crippen LogP contribution in [0.2, 0.25) is 0 Å². The molecule has 1 N–H and O–H groups in total. The highest BCUT2D eigenvalue weighted by atomic mass is 16.3. The minimum absolute atomic E-state index is 0.0326. The SMILES string of the molecule is O=C(Cn1ccc(CO)c1)N1CCCCC1. The number of aliphatic hydroxyl groups is 1. The van der Waals surface area contributed by atoms with Gasteiger partial charge in [0.25, 0.3) is 0 Å². The minimum atomic E-state index is 0.0326. The Morgan fingerprint density at radius 2 is 2.06 bits per heavy atom. The number of likely N-dealkylation sites (tertiary alicyclic amines) is 1. The molecule has 0 bridgehead atoms. The molecule has 88 valence electrons. The maximum Gasteiger partial charge on any atom is 0.242 e. The summed E-state index contributed by atoms with van der Waals surface area (Å²) >= 11 is 0. The summed E-state index contributed by atoms with van der Waals surface area (Å²) in [5.74, 6) is 0.180. The number of hydrogen-bond donors (Lipinski definition) is 1. The molecule has 4 nitrogen and oxygen atoms in total. The molecule has 0 aromatic carbocycles. The summed E-state index contributed by atoms with van der Waals surface area (Å²) in [6, 6.07) is 1.84. The topological polar surface area (TPSA) is 45.5 Å². The van der Waals surface area contributed by atoms with Gasteiger partial charge in [0.2, 0.25) is 5.91 Å². The monoisotopic (exact) mass is 222 g/mol. The second-order valence-corrected chi connectivity index (χ2v) is 4.29. The molecule has 16 heavy (non-hydrogen) atoms. The maximum atomic E-state index is 11.9. The second-order valence-electron chi connectivity index (χ2n) is 4.29. The van der Waals surface area contributed by atoms with E-state index in [4.69, 9.17) is 5.11 Å². The molecule has 1 amide bonds. The zero-order chi connectivity index (χ0) is 11.4. The van der Waals surface area contributed by atoms with Gasteiger partial charge in [-0.1, -0.05) is 0 Å². The summed E-state index contributed by atoms with van der Waals surface area (Å²) < 4.78 is 1.84. The van der Waals surface area contributed by atoms with Crippen LogP contribution in [0.25, 0.3) is 0 Å². The van der Waals surface area contributed by atoms with E-state index in [1.807, 2.05) is 27.9 Å². The average Bonchev–Trinajstić information content (AvgIpc) is 2.78. The van der Waals surface area contributed by atoms with Gasteiger partial charge in [-0.2, -0.15) is 0 Å². The predicted molar refractivity (Wildman–Crippen MR) is 60.8 cm³/mol. The smallest absolute Gasteiger partial charge is 0.242 e. The molecule has 1 aliphatic rings. The van der Waals surface area contributed by atoms with Gasteiger partial charge in [0.15, 0.2) is 0 Å². The molecule has 0 atom stereocenters. The van der Waals surface area contributed by atoms with Crippen molar-refractivity contribution in [2.45, 2.75) is 32.4 Å². The zero-order valence-electron chi connectivity index (χ0n) is 9.43. The van der Waals surface area contributed by atoms with Gasteiger partial charge in [0.1, 0.15) is 6.54 Å². The molecule has 1 aliphatic heterocycles. The summed E-state index contributed by atoms with van der Waals surface area (Å²) in [4.78, 5) is 13.8. The van der Waals surface area contributed by atoms with Crippen molar-refractivity contribution in [2.24, 2.45) is 0 Å². The van der Waals surface area contributed by atoms with Crippen molar-refractivity contribution in [1.82, 2.24) is 9.47 Å². The number of piperidine rings is 1. The van der Waals surface area contributed by atoms with Crippen molar-refractivity contribution in [3.8, 4) is 0 Å². The standard InChI is InChI=1S/C12H18N2O2/c15-10-11-4-7-13(8-11)9-12(16)14-5-2-1-3-6-14/h4,7-8,15H,1-3,5-6,9-10H2. The lowest BCUT2D eigenvalue weighted by Crippen LogP contribution is -2.37. The number of aromatic nitrogens is 1. The van der Waals surface area contributed by atoms with Crippen LogP contribution in [-0.2, 0) is 17.9 Å². The molecule has 0 aliphatic carbocycles. The third-order valence-electron chi connectivity index (χ3n) is 3.02. The third-order valence-corrected chi connectivity index (χ3v) is 3.02. The average molecular weight is 222 g/mol. The van der Waals surface area contributed by atoms with Crippen molar-refractivity contribution < 1.29 is 9.90 Å². The summed E-state index contributed by atoms with van der Waals surface area (Å²) in [5, 5.41) is 8.93. The number of nitrogens with zero attached hydrogens (tertiary/aromatic N) is 2. The first-order valence-corrected chi connectivity index (χ1v) is 5.83. The highest BCUT2D eigenvalue weighted by molar-refractivity contribution is 5.76. The summed E-state index contributed by atoms with van der Waals surface area (Å²) in [6.07, 6.45) is 7.15. The Kier molecular flexibility index (Phi) is 3.62. The molecular formula is C12H18N2O2. The molecule has 1 aromatic heterocycles. The van der Waals surface area contributed by atoms with Gasteiger partial charge in [-0.15, -0.1) is 0 Å². The first kappa shape index (κ1) is 11.2. The lowest BCUT2D eigenvalue weighted by molar-refractivity contribution is -0.132. The quantitative estimate of drug-likeness (QED) is 0.829. The van der Waals surface area contributed by atoms with E-state index in [0.29, 0.717) is 6.54 Å². The van der Waals surface area contributed by atoms with Crippen LogP contribution in [-0.4, -0.2) is 33.6 Å². The third kappa shape index (κ3) is 2.64. The van der Waals surface area contributed by atoms with Gasteiger partial charge in [-0.25, -0.2) is 0 Å². The molecule has 0 unspecified atom stereocenters. The Morgan fingerprint density at radius 1 is 1.31 bits per heavy atom. The van der Waals surface area contributed by atoms with Crippen LogP contribution in [0.4, 0.5) is 0 Å². The van der Waals surface area contributed by atoms with Crippen LogP contribution in [0.3, 0.4) is 0 Å². The Balaban J connectivity index is 1.90. The highest BCUT2D eigenvalue weighted by Crippen LogP contribution is 2.10. The normalized spacial score (nSPS) is 16.4. The maximum absolute atomic E-state index is 11.9. The van der Waals surface area contributed by atoms with Crippen LogP contribution >= 0.6 is 0 Å². The first-order valence-electron chi connectivity index (χ1n) is 5.83. The van der Waals surface area contributed by atoms with Gasteiger partial charge in [-0.3, -0.25) is 4.79 Å². The van der Waals surface area contributed by atoms with Crippen LogP contribution in [0.1, 0.15) is 24.8 Å². The largest absolute Gasteiger partial charge is 0.392 e. The van der Waals surface area contributed by atoms with Crippen molar-refractivity contribution in [3.05, 3.63) is 24.0 Å². The van der Waals surface area contributed by atoms with Crippen molar-refractivity contribution >= 4 is 5.91 Å². The molecule has 4 heteroatoms. The van der Waals surface area contributed by atoms with Crippen LogP contribution in [0.15, 0.2) is 18.5 Å². The van der Waals surface area contributed by atoms with Gasteiger partial charge in [-0.05, 0) is 30.9 Å². The Bertz CT molecular complexity index is 354. The van der Waals surface area contributed by atoms with E-state index in [1.165, 1.54) is 6.42 Å². The van der Waals surface area contributed by atoms with Crippen LogP contribution in [0.5, 0.6) is 0 Å². The van der Waals surface area contributed by atoms with Gasteiger partial charge < -0.3 is 14.6 Å². The number of rotatable bonds is 3. The van der Waals surface area contributed by atoms with Crippen molar-refractivity contribution in [3.63, 3.8) is 0 Å². The van der Waals surface area contributed by atoms with E-state index in [2.05, 4.69) is 0 Å². The lowest BCUT2D eigenvalue weighted by Gasteiger charge is -2.26. The fourth-order valence-electron chi connectivity index (χ4n) is 2.08. The molecule has 2 heterocycles. The second kappa shape index (κ2) is 5.16. The summed E-state index contributed by atoms with van der Waals surface area (Å²) in [7, 11) is 0. The number of amides is 1. The number of carbonyl (C=O) groups excluding carboxylic acids is 1. The minimum Gasteiger partial charge on any atom is -0.392 e. The van der Waals surface area contributed by atoms with E-state index >= 15 is 0 Å². The van der Waals surface area contributed by atoms with Gasteiger partial charge in [0, 0.05) is 25.5 Å². The lowest BCUT2D eigenvalue weighted by atomic mass is 10.1. The van der Waals surface area contributed by atoms with Crippen molar-refractivity contribution in [1.29, 1.82) is 0 Å². The fourth-order valence-corrected chi connectivity index (χ4v) is 2.08. The van der Waals surface area contributed by atoms with E-state index in [9.17, 15) is 4.79 Å². The molecular weight excluding hydrogens is 204 g/mol. The Morgan fingerprint density at radius 3 is 2.69 bits per heavy atom. The highest BCUT2D eigenvalue weighted by Gasteiger charge is 2.16. The Hall–Kier alpha value is -1.29. The number of carbonyl (C=O) groups is 1. The molecule has 1 aromatic rings. The van der Waals surface area contributed by atoms with Gasteiger partial charge >= 0.3 is 0 Å². The molecule has 1 saturated heterocycles. The molecule has 1 fully saturated rings. The van der Waals surface area contributed by atoms with Gasteiger partial charge in [0.05, 0.1) is 6.61 Å². The first-order chi connectivity index (χ1) is 7.79. The molecule has 0 spiro atoms. The predicted octanol–water partition coefficient (Wildman–Crippen LogP) is 0.993. The summed E-state index contributed by atoms with van der Waals surface area (Å²) in [5.41, 5.74) is 0.853. The Labute approximate surface area is 95.5 Å². The fraction of sp³-hybridized carbons (Fsp3) is 0.583. The number of aliphatic hydroxyl groups excluding tert-OH is 1. The number of hydrogen-bond acceptors (Lipinski definition) is 2. The van der Waals surface area contributed by atoms with E-state index in [0.717, 1.165) is 31.5 Å².